The van der Waals surface area contributed by atoms with Gasteiger partial charge in [0.2, 0.25) is 10.0 Å². The van der Waals surface area contributed by atoms with Gasteiger partial charge < -0.3 is 10.1 Å². The van der Waals surface area contributed by atoms with Gasteiger partial charge in [0.1, 0.15) is 10.6 Å². The van der Waals surface area contributed by atoms with Gasteiger partial charge >= 0.3 is 0 Å². The van der Waals surface area contributed by atoms with Crippen LogP contribution in [0.1, 0.15) is 6.42 Å². The molecule has 1 N–H and O–H groups in total. The van der Waals surface area contributed by atoms with Crippen LogP contribution < -0.4 is 10.1 Å². The number of hydrogen-bond donors (Lipinski definition) is 1. The van der Waals surface area contributed by atoms with Crippen LogP contribution in [0, 0.1) is 0 Å². The maximum atomic E-state index is 12.8. The number of rotatable bonds is 5. The van der Waals surface area contributed by atoms with Gasteiger partial charge in [-0.1, -0.05) is 0 Å². The minimum absolute atomic E-state index is 0.0511. The van der Waals surface area contributed by atoms with Gasteiger partial charge in [0.25, 0.3) is 0 Å². The molecule has 22 heavy (non-hydrogen) atoms. The molecule has 1 aliphatic heterocycles. The van der Waals surface area contributed by atoms with E-state index in [2.05, 4.69) is 5.32 Å². The molecule has 0 aromatic heterocycles. The van der Waals surface area contributed by atoms with E-state index in [1.165, 1.54) is 30.6 Å². The molecule has 1 fully saturated rings. The lowest BCUT2D eigenvalue weighted by Gasteiger charge is -2.24. The van der Waals surface area contributed by atoms with Crippen LogP contribution in [0.5, 0.6) is 5.75 Å². The number of likely N-dealkylation sites (N-methyl/N-ethyl adjacent to an activating group) is 1. The quantitative estimate of drug-likeness (QED) is 0.810. The van der Waals surface area contributed by atoms with Crippen molar-refractivity contribution in [1.82, 2.24) is 9.62 Å². The number of sulfonamides is 1. The SMILES string of the molecule is COc1ccc(S(C)(=O)=O)cc1S(=O)(=O)N(C)C1CCNC1. The molecule has 124 valence electrons. The predicted molar refractivity (Wildman–Crippen MR) is 82.3 cm³/mol. The maximum Gasteiger partial charge on any atom is 0.246 e. The lowest BCUT2D eigenvalue weighted by atomic mass is 10.3. The summed E-state index contributed by atoms with van der Waals surface area (Å²) in [5, 5.41) is 3.11. The average molecular weight is 348 g/mol. The highest BCUT2D eigenvalue weighted by Crippen LogP contribution is 2.30. The summed E-state index contributed by atoms with van der Waals surface area (Å²) in [6.45, 7) is 1.33. The molecular weight excluding hydrogens is 328 g/mol. The first-order valence-corrected chi connectivity index (χ1v) is 10.1. The van der Waals surface area contributed by atoms with Gasteiger partial charge in [-0.2, -0.15) is 4.31 Å². The second-order valence-electron chi connectivity index (χ2n) is 5.25. The number of methoxy groups -OCH3 is 1. The minimum Gasteiger partial charge on any atom is -0.495 e. The molecule has 2 rings (SSSR count). The van der Waals surface area contributed by atoms with E-state index in [0.29, 0.717) is 13.0 Å². The van der Waals surface area contributed by atoms with Gasteiger partial charge in [0.05, 0.1) is 12.0 Å². The molecule has 0 bridgehead atoms. The fraction of sp³-hybridized carbons (Fsp3) is 0.538. The Morgan fingerprint density at radius 1 is 1.27 bits per heavy atom. The molecule has 0 saturated carbocycles. The molecule has 7 nitrogen and oxygen atoms in total. The van der Waals surface area contributed by atoms with Gasteiger partial charge in [-0.15, -0.1) is 0 Å². The third-order valence-electron chi connectivity index (χ3n) is 3.77. The van der Waals surface area contributed by atoms with Crippen LogP contribution in [-0.2, 0) is 19.9 Å². The van der Waals surface area contributed by atoms with Crippen LogP contribution in [-0.4, -0.2) is 60.7 Å². The van der Waals surface area contributed by atoms with Crippen molar-refractivity contribution in [1.29, 1.82) is 0 Å². The molecule has 1 aromatic rings. The molecule has 1 aliphatic rings. The first kappa shape index (κ1) is 17.2. The van der Waals surface area contributed by atoms with Crippen molar-refractivity contribution in [3.8, 4) is 5.75 Å². The Labute approximate surface area is 131 Å². The summed E-state index contributed by atoms with van der Waals surface area (Å²) in [6, 6.07) is 3.70. The Morgan fingerprint density at radius 3 is 2.45 bits per heavy atom. The lowest BCUT2D eigenvalue weighted by Crippen LogP contribution is -2.38. The van der Waals surface area contributed by atoms with Crippen molar-refractivity contribution in [3.63, 3.8) is 0 Å². The zero-order valence-corrected chi connectivity index (χ0v) is 14.4. The van der Waals surface area contributed by atoms with E-state index in [-0.39, 0.29) is 21.6 Å². The molecule has 1 heterocycles. The topological polar surface area (TPSA) is 92.8 Å². The third-order valence-corrected chi connectivity index (χ3v) is 6.81. The van der Waals surface area contributed by atoms with E-state index in [9.17, 15) is 16.8 Å². The van der Waals surface area contributed by atoms with Gasteiger partial charge in [-0.05, 0) is 31.2 Å². The van der Waals surface area contributed by atoms with Gasteiger partial charge in [0.15, 0.2) is 9.84 Å². The normalized spacial score (nSPS) is 19.5. The molecular formula is C13H20N2O5S2. The minimum atomic E-state index is -3.84. The monoisotopic (exact) mass is 348 g/mol. The number of ether oxygens (including phenoxy) is 1. The van der Waals surface area contributed by atoms with Crippen molar-refractivity contribution in [2.24, 2.45) is 0 Å². The second-order valence-corrected chi connectivity index (χ2v) is 9.23. The van der Waals surface area contributed by atoms with Gasteiger partial charge in [0, 0.05) is 25.9 Å². The average Bonchev–Trinajstić information content (AvgIpc) is 2.98. The van der Waals surface area contributed by atoms with Crippen molar-refractivity contribution >= 4 is 19.9 Å². The molecule has 1 unspecified atom stereocenters. The van der Waals surface area contributed by atoms with Crippen LogP contribution in [0.3, 0.4) is 0 Å². The largest absolute Gasteiger partial charge is 0.495 e. The van der Waals surface area contributed by atoms with E-state index in [4.69, 9.17) is 4.74 Å². The highest BCUT2D eigenvalue weighted by atomic mass is 32.2. The molecule has 9 heteroatoms. The standard InChI is InChI=1S/C13H20N2O5S2/c1-15(10-6-7-14-9-10)22(18,19)13-8-11(21(3,16)17)4-5-12(13)20-2/h4-5,8,10,14H,6-7,9H2,1-3H3. The molecule has 0 spiro atoms. The van der Waals surface area contributed by atoms with Crippen molar-refractivity contribution in [3.05, 3.63) is 18.2 Å². The predicted octanol–water partition coefficient (Wildman–Crippen LogP) is 0.0811. The Bertz CT molecular complexity index is 753. The van der Waals surface area contributed by atoms with E-state index in [0.717, 1.165) is 18.9 Å². The highest BCUT2D eigenvalue weighted by molar-refractivity contribution is 7.91. The van der Waals surface area contributed by atoms with E-state index < -0.39 is 19.9 Å². The van der Waals surface area contributed by atoms with E-state index in [1.54, 1.807) is 0 Å². The Kier molecular flexibility index (Phi) is 4.81. The summed E-state index contributed by atoms with van der Waals surface area (Å²) in [7, 11) is -4.50. The number of nitrogens with one attached hydrogen (secondary N) is 1. The van der Waals surface area contributed by atoms with Crippen LogP contribution in [0.25, 0.3) is 0 Å². The third kappa shape index (κ3) is 3.27. The zero-order chi connectivity index (χ0) is 16.5. The van der Waals surface area contributed by atoms with Crippen molar-refractivity contribution in [2.45, 2.75) is 22.3 Å². The van der Waals surface area contributed by atoms with Crippen molar-refractivity contribution in [2.75, 3.05) is 33.5 Å². The molecule has 1 atom stereocenters. The van der Waals surface area contributed by atoms with Crippen molar-refractivity contribution < 1.29 is 21.6 Å². The van der Waals surface area contributed by atoms with E-state index >= 15 is 0 Å². The Morgan fingerprint density at radius 2 is 1.95 bits per heavy atom. The number of benzene rings is 1. The Balaban J connectivity index is 2.53. The molecule has 0 radical (unpaired) electrons. The van der Waals surface area contributed by atoms with Crippen LogP contribution >= 0.6 is 0 Å². The Hall–Kier alpha value is -1.16. The summed E-state index contributed by atoms with van der Waals surface area (Å²) < 4.78 is 55.3. The molecule has 1 saturated heterocycles. The summed E-state index contributed by atoms with van der Waals surface area (Å²) in [5.41, 5.74) is 0. The highest BCUT2D eigenvalue weighted by Gasteiger charge is 2.32. The number of hydrogen-bond acceptors (Lipinski definition) is 6. The summed E-state index contributed by atoms with van der Waals surface area (Å²) in [6.07, 6.45) is 1.75. The number of nitrogens with zero attached hydrogens (tertiary/aromatic N) is 1. The first-order valence-electron chi connectivity index (χ1n) is 6.75. The number of sulfone groups is 1. The second kappa shape index (κ2) is 6.15. The first-order chi connectivity index (χ1) is 10.2. The summed E-state index contributed by atoms with van der Waals surface area (Å²) in [4.78, 5) is -0.183. The van der Waals surface area contributed by atoms with E-state index in [1.807, 2.05) is 0 Å². The van der Waals surface area contributed by atoms with Gasteiger partial charge in [-0.3, -0.25) is 0 Å². The lowest BCUT2D eigenvalue weighted by molar-refractivity contribution is 0.375. The molecule has 0 aliphatic carbocycles. The fourth-order valence-corrected chi connectivity index (χ4v) is 4.68. The maximum absolute atomic E-state index is 12.8. The fourth-order valence-electron chi connectivity index (χ4n) is 2.39. The zero-order valence-electron chi connectivity index (χ0n) is 12.7. The molecule has 1 aromatic carbocycles. The smallest absolute Gasteiger partial charge is 0.246 e. The van der Waals surface area contributed by atoms with Gasteiger partial charge in [-0.25, -0.2) is 16.8 Å². The molecule has 0 amide bonds. The van der Waals surface area contributed by atoms with Crippen LogP contribution in [0.4, 0.5) is 0 Å². The summed E-state index contributed by atoms with van der Waals surface area (Å²) >= 11 is 0. The summed E-state index contributed by atoms with van der Waals surface area (Å²) in [5.74, 6) is 0.130. The van der Waals surface area contributed by atoms with Crippen LogP contribution in [0.2, 0.25) is 0 Å². The van der Waals surface area contributed by atoms with Crippen LogP contribution in [0.15, 0.2) is 28.0 Å².